The molecule has 0 heterocycles. The van der Waals surface area contributed by atoms with E-state index >= 15 is 0 Å². The molecule has 2 heteroatoms. The lowest BCUT2D eigenvalue weighted by Crippen LogP contribution is -2.66. The van der Waals surface area contributed by atoms with Gasteiger partial charge in [-0.05, 0) is 126 Å². The molecule has 280 valence electrons. The number of hydrogen-bond acceptors (Lipinski definition) is 0. The summed E-state index contributed by atoms with van der Waals surface area (Å²) in [7, 11) is 0. The quantitative estimate of drug-likeness (QED) is 0.0751. The Morgan fingerprint density at radius 2 is 1.15 bits per heavy atom. The summed E-state index contributed by atoms with van der Waals surface area (Å²) in [6, 6.07) is 0. The maximum absolute atomic E-state index is 3.03. The van der Waals surface area contributed by atoms with Crippen molar-refractivity contribution in [2.45, 2.75) is 230 Å². The van der Waals surface area contributed by atoms with E-state index in [-0.39, 0.29) is 8.84 Å². The first-order valence-corrected chi connectivity index (χ1v) is 23.4. The average Bonchev–Trinajstić information content (AvgIpc) is 3.02. The normalized spacial score (nSPS) is 32.6. The minimum atomic E-state index is 0.231. The largest absolute Gasteiger partial charge is 0.0857 e. The minimum Gasteiger partial charge on any atom is -0.0857 e. The van der Waals surface area contributed by atoms with Gasteiger partial charge in [-0.3, -0.25) is 0 Å². The van der Waals surface area contributed by atoms with Gasteiger partial charge in [0.25, 0.3) is 0 Å². The zero-order valence-electron chi connectivity index (χ0n) is 35.2. The molecular formula is C45H86I2. The van der Waals surface area contributed by atoms with Crippen LogP contribution in [-0.4, -0.2) is 7.85 Å². The topological polar surface area (TPSA) is 0 Å². The van der Waals surface area contributed by atoms with Gasteiger partial charge in [-0.1, -0.05) is 194 Å². The van der Waals surface area contributed by atoms with Crippen LogP contribution < -0.4 is 0 Å². The Morgan fingerprint density at radius 1 is 0.617 bits per heavy atom. The molecule has 0 aromatic carbocycles. The smallest absolute Gasteiger partial charge is 0.0253 e. The Bertz CT molecular complexity index is 994. The standard InChI is InChI=1S/C45H86I2/c1-17-25-28-43(23-7)34-44(24-8,41(43,15)35-46)32-38(12,21-5)37(11,20-4)31-39(13,22-6)42(16,47)33-40(14,36(9,10)19-3)45(27-18-2)29-26-30-45/h17-35H2,1-16H3/t37?,38-,39-,40?,41?,42?,43?,44?/m1/s1. The van der Waals surface area contributed by atoms with Crippen LogP contribution in [0.4, 0.5) is 0 Å². The van der Waals surface area contributed by atoms with Crippen molar-refractivity contribution in [1.29, 1.82) is 0 Å². The van der Waals surface area contributed by atoms with E-state index in [9.17, 15) is 0 Å². The van der Waals surface area contributed by atoms with Crippen molar-refractivity contribution in [3.8, 4) is 0 Å². The maximum atomic E-state index is 3.03. The second-order valence-corrected chi connectivity index (χ2v) is 23.1. The maximum Gasteiger partial charge on any atom is 0.0253 e. The first-order valence-electron chi connectivity index (χ1n) is 20.8. The molecule has 2 aliphatic carbocycles. The van der Waals surface area contributed by atoms with Crippen LogP contribution in [0, 0.1) is 48.7 Å². The summed E-state index contributed by atoms with van der Waals surface area (Å²) in [5.74, 6) is 0. The molecule has 2 aliphatic rings. The second-order valence-electron chi connectivity index (χ2n) is 19.9. The van der Waals surface area contributed by atoms with Crippen molar-refractivity contribution in [3.05, 3.63) is 0 Å². The molecule has 0 aromatic rings. The highest BCUT2D eigenvalue weighted by atomic mass is 127. The molecule has 0 aromatic heterocycles. The SMILES string of the molecule is CCCCC1(CC)CC(CC)(C[C@@](C)(CC)C(C)(CC)C[C@@](C)(CC)C(C)(I)CC(C)(C(C)(C)CC)C2(CCC)CCC2)C1(C)CI. The van der Waals surface area contributed by atoms with Crippen molar-refractivity contribution >= 4 is 45.2 Å². The van der Waals surface area contributed by atoms with Crippen LogP contribution in [-0.2, 0) is 0 Å². The molecule has 0 radical (unpaired) electrons. The molecule has 0 bridgehead atoms. The average molecular weight is 881 g/mol. The second kappa shape index (κ2) is 15.8. The number of halogens is 2. The zero-order chi connectivity index (χ0) is 36.4. The van der Waals surface area contributed by atoms with Crippen LogP contribution in [0.5, 0.6) is 0 Å². The van der Waals surface area contributed by atoms with E-state index in [1.807, 2.05) is 0 Å². The summed E-state index contributed by atoms with van der Waals surface area (Å²) in [4.78, 5) is 0. The van der Waals surface area contributed by atoms with E-state index in [1.165, 1.54) is 120 Å². The van der Waals surface area contributed by atoms with Gasteiger partial charge < -0.3 is 0 Å². The lowest BCUT2D eigenvalue weighted by atomic mass is 9.32. The van der Waals surface area contributed by atoms with Gasteiger partial charge >= 0.3 is 0 Å². The van der Waals surface area contributed by atoms with E-state index in [0.717, 1.165) is 0 Å². The van der Waals surface area contributed by atoms with Gasteiger partial charge in [0.15, 0.2) is 0 Å². The third kappa shape index (κ3) is 7.11. The molecule has 0 aliphatic heterocycles. The predicted molar refractivity (Wildman–Crippen MR) is 231 cm³/mol. The van der Waals surface area contributed by atoms with Gasteiger partial charge in [0, 0.05) is 7.85 Å². The predicted octanol–water partition coefficient (Wildman–Crippen LogP) is 16.8. The van der Waals surface area contributed by atoms with Crippen LogP contribution in [0.15, 0.2) is 0 Å². The third-order valence-electron chi connectivity index (χ3n) is 18.5. The zero-order valence-corrected chi connectivity index (χ0v) is 39.5. The molecule has 8 atom stereocenters. The fraction of sp³-hybridized carbons (Fsp3) is 1.00. The summed E-state index contributed by atoms with van der Waals surface area (Å²) in [6.07, 6.45) is 24.6. The molecule has 2 saturated carbocycles. The minimum absolute atomic E-state index is 0.231. The Kier molecular flexibility index (Phi) is 15.0. The summed E-state index contributed by atoms with van der Waals surface area (Å²) < 4.78 is 1.54. The van der Waals surface area contributed by atoms with E-state index in [2.05, 4.69) is 156 Å². The molecule has 0 nitrogen and oxygen atoms in total. The molecule has 0 saturated heterocycles. The lowest BCUT2D eigenvalue weighted by Gasteiger charge is -2.73. The third-order valence-corrected chi connectivity index (χ3v) is 21.7. The highest BCUT2D eigenvalue weighted by Gasteiger charge is 2.70. The molecule has 6 unspecified atom stereocenters. The van der Waals surface area contributed by atoms with Crippen molar-refractivity contribution < 1.29 is 0 Å². The lowest BCUT2D eigenvalue weighted by molar-refractivity contribution is -0.229. The van der Waals surface area contributed by atoms with E-state index in [0.29, 0.717) is 43.3 Å². The molecule has 0 spiro atoms. The van der Waals surface area contributed by atoms with Crippen LogP contribution >= 0.6 is 45.2 Å². The van der Waals surface area contributed by atoms with Crippen molar-refractivity contribution in [3.63, 3.8) is 0 Å². The van der Waals surface area contributed by atoms with Crippen LogP contribution in [0.3, 0.4) is 0 Å². The van der Waals surface area contributed by atoms with Crippen molar-refractivity contribution in [2.75, 3.05) is 4.43 Å². The van der Waals surface area contributed by atoms with Crippen molar-refractivity contribution in [2.24, 2.45) is 48.7 Å². The number of hydrogen-bond donors (Lipinski definition) is 0. The molecule has 0 N–H and O–H groups in total. The first kappa shape index (κ1) is 44.6. The summed E-state index contributed by atoms with van der Waals surface area (Å²) >= 11 is 5.83. The van der Waals surface area contributed by atoms with Crippen molar-refractivity contribution in [1.82, 2.24) is 0 Å². The molecular weight excluding hydrogens is 794 g/mol. The van der Waals surface area contributed by atoms with Gasteiger partial charge in [-0.15, -0.1) is 0 Å². The molecule has 47 heavy (non-hydrogen) atoms. The highest BCUT2D eigenvalue weighted by molar-refractivity contribution is 14.1. The van der Waals surface area contributed by atoms with E-state index < -0.39 is 0 Å². The van der Waals surface area contributed by atoms with E-state index in [1.54, 1.807) is 0 Å². The molecule has 2 rings (SSSR count). The Labute approximate surface area is 325 Å². The van der Waals surface area contributed by atoms with Gasteiger partial charge in [0.05, 0.1) is 0 Å². The molecule has 2 fully saturated rings. The Balaban J connectivity index is 2.60. The van der Waals surface area contributed by atoms with Gasteiger partial charge in [-0.2, -0.15) is 0 Å². The fourth-order valence-electron chi connectivity index (χ4n) is 12.6. The molecule has 0 amide bonds. The number of alkyl halides is 2. The Morgan fingerprint density at radius 3 is 1.51 bits per heavy atom. The first-order chi connectivity index (χ1) is 21.6. The number of unbranched alkanes of at least 4 members (excludes halogenated alkanes) is 1. The fourth-order valence-corrected chi connectivity index (χ4v) is 15.6. The summed E-state index contributed by atoms with van der Waals surface area (Å²) in [5.41, 5.74) is 3.50. The number of rotatable bonds is 22. The summed E-state index contributed by atoms with van der Waals surface area (Å²) in [5, 5.41) is 0. The van der Waals surface area contributed by atoms with Gasteiger partial charge in [0.1, 0.15) is 0 Å². The highest BCUT2D eigenvalue weighted by Crippen LogP contribution is 2.77. The Hall–Kier alpha value is 1.46. The van der Waals surface area contributed by atoms with Gasteiger partial charge in [-0.25, -0.2) is 0 Å². The summed E-state index contributed by atoms with van der Waals surface area (Å²) in [6.45, 7) is 41.8. The van der Waals surface area contributed by atoms with Crippen LogP contribution in [0.1, 0.15) is 226 Å². The van der Waals surface area contributed by atoms with Gasteiger partial charge in [0.2, 0.25) is 0 Å². The van der Waals surface area contributed by atoms with Crippen LogP contribution in [0.2, 0.25) is 0 Å². The van der Waals surface area contributed by atoms with E-state index in [4.69, 9.17) is 0 Å². The van der Waals surface area contributed by atoms with Crippen LogP contribution in [0.25, 0.3) is 0 Å². The monoisotopic (exact) mass is 880 g/mol.